The van der Waals surface area contributed by atoms with Crippen LogP contribution in [-0.2, 0) is 13.0 Å². The largest absolute Gasteiger partial charge is 0.441 e. The van der Waals surface area contributed by atoms with Crippen LogP contribution in [0.1, 0.15) is 19.2 Å². The molecular weight excluding hydrogens is 226 g/mol. The molecule has 0 fully saturated rings. The predicted molar refractivity (Wildman–Crippen MR) is 60.2 cm³/mol. The highest BCUT2D eigenvalue weighted by atomic mass is 35.5. The van der Waals surface area contributed by atoms with Gasteiger partial charge in [0.2, 0.25) is 0 Å². The third-order valence-electron chi connectivity index (χ3n) is 3.00. The number of rotatable bonds is 1. The molecule has 0 spiro atoms. The molecular formula is C11H12ClN3O. The summed E-state index contributed by atoms with van der Waals surface area (Å²) >= 11 is 5.76. The van der Waals surface area contributed by atoms with Crippen molar-refractivity contribution < 1.29 is 4.42 Å². The number of furan rings is 1. The van der Waals surface area contributed by atoms with E-state index in [4.69, 9.17) is 16.0 Å². The van der Waals surface area contributed by atoms with Gasteiger partial charge in [-0.25, -0.2) is 0 Å². The molecule has 0 aromatic carbocycles. The van der Waals surface area contributed by atoms with Gasteiger partial charge < -0.3 is 8.98 Å². The van der Waals surface area contributed by atoms with E-state index in [1.807, 2.05) is 6.07 Å². The maximum absolute atomic E-state index is 5.76. The van der Waals surface area contributed by atoms with Crippen LogP contribution < -0.4 is 0 Å². The topological polar surface area (TPSA) is 43.9 Å². The maximum Gasteiger partial charge on any atom is 0.199 e. The van der Waals surface area contributed by atoms with Gasteiger partial charge in [0, 0.05) is 13.0 Å². The van der Waals surface area contributed by atoms with Gasteiger partial charge in [-0.05, 0) is 36.1 Å². The lowest BCUT2D eigenvalue weighted by Crippen LogP contribution is -2.17. The standard InChI is InChI=1S/C11H12ClN3O/c1-7-4-5-15-10(6-7)13-14-11(15)8-2-3-9(12)16-8/h2-3,7H,4-6H2,1H3. The zero-order valence-corrected chi connectivity index (χ0v) is 9.74. The fourth-order valence-corrected chi connectivity index (χ4v) is 2.25. The van der Waals surface area contributed by atoms with Gasteiger partial charge in [-0.1, -0.05) is 6.92 Å². The minimum Gasteiger partial charge on any atom is -0.441 e. The van der Waals surface area contributed by atoms with E-state index in [2.05, 4.69) is 21.7 Å². The van der Waals surface area contributed by atoms with Crippen LogP contribution in [0.3, 0.4) is 0 Å². The van der Waals surface area contributed by atoms with Crippen LogP contribution in [0.2, 0.25) is 5.22 Å². The molecule has 1 unspecified atom stereocenters. The van der Waals surface area contributed by atoms with Crippen LogP contribution in [-0.4, -0.2) is 14.8 Å². The highest BCUT2D eigenvalue weighted by Gasteiger charge is 2.22. The van der Waals surface area contributed by atoms with Gasteiger partial charge in [-0.3, -0.25) is 0 Å². The normalized spacial score (nSPS) is 19.8. The smallest absolute Gasteiger partial charge is 0.199 e. The fraction of sp³-hybridized carbons (Fsp3) is 0.455. The Morgan fingerprint density at radius 3 is 3.06 bits per heavy atom. The molecule has 1 atom stereocenters. The second-order valence-corrected chi connectivity index (χ2v) is 4.67. The van der Waals surface area contributed by atoms with Crippen LogP contribution in [0.15, 0.2) is 16.5 Å². The van der Waals surface area contributed by atoms with Gasteiger partial charge in [0.25, 0.3) is 0 Å². The zero-order valence-electron chi connectivity index (χ0n) is 8.98. The van der Waals surface area contributed by atoms with Crippen LogP contribution in [0, 0.1) is 5.92 Å². The molecule has 1 aliphatic rings. The Morgan fingerprint density at radius 1 is 1.44 bits per heavy atom. The second kappa shape index (κ2) is 3.63. The molecule has 84 valence electrons. The lowest BCUT2D eigenvalue weighted by atomic mass is 10.0. The molecule has 0 bridgehead atoms. The molecule has 0 aliphatic carbocycles. The summed E-state index contributed by atoms with van der Waals surface area (Å²) in [5.41, 5.74) is 0. The van der Waals surface area contributed by atoms with Crippen molar-refractivity contribution in [3.8, 4) is 11.6 Å². The van der Waals surface area contributed by atoms with Crippen molar-refractivity contribution in [2.75, 3.05) is 0 Å². The molecule has 3 rings (SSSR count). The van der Waals surface area contributed by atoms with Gasteiger partial charge in [-0.2, -0.15) is 0 Å². The predicted octanol–water partition coefficient (Wildman–Crippen LogP) is 2.77. The maximum atomic E-state index is 5.76. The van der Waals surface area contributed by atoms with Crippen molar-refractivity contribution in [3.05, 3.63) is 23.2 Å². The molecule has 2 aromatic rings. The van der Waals surface area contributed by atoms with Crippen LogP contribution in [0.4, 0.5) is 0 Å². The van der Waals surface area contributed by atoms with E-state index < -0.39 is 0 Å². The van der Waals surface area contributed by atoms with Gasteiger partial charge in [0.05, 0.1) is 0 Å². The number of hydrogen-bond donors (Lipinski definition) is 0. The van der Waals surface area contributed by atoms with E-state index in [0.29, 0.717) is 16.9 Å². The molecule has 16 heavy (non-hydrogen) atoms. The van der Waals surface area contributed by atoms with E-state index in [-0.39, 0.29) is 0 Å². The summed E-state index contributed by atoms with van der Waals surface area (Å²) in [6.07, 6.45) is 2.15. The summed E-state index contributed by atoms with van der Waals surface area (Å²) in [5, 5.41) is 8.76. The minimum absolute atomic E-state index is 0.386. The fourth-order valence-electron chi connectivity index (χ4n) is 2.10. The lowest BCUT2D eigenvalue weighted by Gasteiger charge is -2.19. The summed E-state index contributed by atoms with van der Waals surface area (Å²) < 4.78 is 7.48. The number of fused-ring (bicyclic) bond motifs is 1. The van der Waals surface area contributed by atoms with Crippen molar-refractivity contribution in [3.63, 3.8) is 0 Å². The summed E-state index contributed by atoms with van der Waals surface area (Å²) in [6.45, 7) is 3.19. The Labute approximate surface area is 98.2 Å². The highest BCUT2D eigenvalue weighted by molar-refractivity contribution is 6.28. The zero-order chi connectivity index (χ0) is 11.1. The Kier molecular flexibility index (Phi) is 2.24. The molecule has 4 nitrogen and oxygen atoms in total. The van der Waals surface area contributed by atoms with Crippen molar-refractivity contribution in [1.29, 1.82) is 0 Å². The van der Waals surface area contributed by atoms with E-state index in [9.17, 15) is 0 Å². The van der Waals surface area contributed by atoms with Crippen molar-refractivity contribution in [2.45, 2.75) is 26.3 Å². The summed E-state index contributed by atoms with van der Waals surface area (Å²) in [4.78, 5) is 0. The Morgan fingerprint density at radius 2 is 2.31 bits per heavy atom. The number of aromatic nitrogens is 3. The van der Waals surface area contributed by atoms with Gasteiger partial charge in [0.1, 0.15) is 5.82 Å². The average molecular weight is 238 g/mol. The Hall–Kier alpha value is -1.29. The van der Waals surface area contributed by atoms with E-state index in [1.165, 1.54) is 0 Å². The molecule has 5 heteroatoms. The van der Waals surface area contributed by atoms with E-state index >= 15 is 0 Å². The third-order valence-corrected chi connectivity index (χ3v) is 3.20. The summed E-state index contributed by atoms with van der Waals surface area (Å²) in [5.74, 6) is 3.21. The summed E-state index contributed by atoms with van der Waals surface area (Å²) in [6, 6.07) is 3.56. The van der Waals surface area contributed by atoms with Crippen molar-refractivity contribution in [2.24, 2.45) is 5.92 Å². The molecule has 0 saturated heterocycles. The van der Waals surface area contributed by atoms with Crippen LogP contribution in [0.25, 0.3) is 11.6 Å². The molecule has 0 saturated carbocycles. The quantitative estimate of drug-likeness (QED) is 0.766. The lowest BCUT2D eigenvalue weighted by molar-refractivity contribution is 0.409. The van der Waals surface area contributed by atoms with Gasteiger partial charge in [0.15, 0.2) is 16.8 Å². The van der Waals surface area contributed by atoms with Crippen LogP contribution >= 0.6 is 11.6 Å². The van der Waals surface area contributed by atoms with Gasteiger partial charge >= 0.3 is 0 Å². The molecule has 0 N–H and O–H groups in total. The Bertz CT molecular complexity index is 517. The number of halogens is 1. The van der Waals surface area contributed by atoms with E-state index in [0.717, 1.165) is 31.0 Å². The average Bonchev–Trinajstić information content (AvgIpc) is 2.83. The van der Waals surface area contributed by atoms with E-state index in [1.54, 1.807) is 6.07 Å². The molecule has 2 aromatic heterocycles. The second-order valence-electron chi connectivity index (χ2n) is 4.29. The van der Waals surface area contributed by atoms with Crippen molar-refractivity contribution >= 4 is 11.6 Å². The SMILES string of the molecule is CC1CCn2c(nnc2-c2ccc(Cl)o2)C1. The monoisotopic (exact) mass is 237 g/mol. The summed E-state index contributed by atoms with van der Waals surface area (Å²) in [7, 11) is 0. The number of nitrogens with zero attached hydrogens (tertiary/aromatic N) is 3. The molecule has 0 amide bonds. The third kappa shape index (κ3) is 1.53. The highest BCUT2D eigenvalue weighted by Crippen LogP contribution is 2.27. The molecule has 0 radical (unpaired) electrons. The van der Waals surface area contributed by atoms with Crippen molar-refractivity contribution in [1.82, 2.24) is 14.8 Å². The minimum atomic E-state index is 0.386. The first-order valence-electron chi connectivity index (χ1n) is 5.42. The molecule has 3 heterocycles. The van der Waals surface area contributed by atoms with Gasteiger partial charge in [-0.15, -0.1) is 10.2 Å². The van der Waals surface area contributed by atoms with Crippen LogP contribution in [0.5, 0.6) is 0 Å². The Balaban J connectivity index is 2.03. The first-order valence-corrected chi connectivity index (χ1v) is 5.79. The number of hydrogen-bond acceptors (Lipinski definition) is 3. The first-order chi connectivity index (χ1) is 7.74. The molecule has 1 aliphatic heterocycles. The first kappa shape index (κ1) is 9.90.